The number of hydrogen-bond acceptors (Lipinski definition) is 7. The van der Waals surface area contributed by atoms with Crippen molar-refractivity contribution in [2.45, 2.75) is 0 Å². The number of benzene rings is 2. The number of carbonyl (C=O) groups is 1. The van der Waals surface area contributed by atoms with Crippen LogP contribution >= 0.6 is 11.6 Å². The number of nitro groups is 1. The second-order valence-corrected chi connectivity index (χ2v) is 5.99. The van der Waals surface area contributed by atoms with Gasteiger partial charge in [0.1, 0.15) is 5.56 Å². The number of phenols is 1. The number of aromatic hydroxyl groups is 1. The van der Waals surface area contributed by atoms with Crippen LogP contribution in [0.25, 0.3) is 0 Å². The van der Waals surface area contributed by atoms with Crippen LogP contribution in [0.2, 0.25) is 5.02 Å². The number of primary amides is 1. The largest absolute Gasteiger partial charge is 0.502 e. The van der Waals surface area contributed by atoms with Gasteiger partial charge in [-0.15, -0.1) is 0 Å². The molecule has 0 aliphatic carbocycles. The Morgan fingerprint density at radius 2 is 2.04 bits per heavy atom. The zero-order valence-electron chi connectivity index (χ0n) is 14.1. The molecule has 0 atom stereocenters. The first-order valence-electron chi connectivity index (χ1n) is 7.77. The van der Waals surface area contributed by atoms with Crippen LogP contribution in [-0.2, 0) is 0 Å². The molecule has 0 spiro atoms. The lowest BCUT2D eigenvalue weighted by Gasteiger charge is -2.04. The van der Waals surface area contributed by atoms with Crippen LogP contribution in [0.1, 0.15) is 15.9 Å². The Hall–Kier alpha value is -3.92. The average molecular weight is 401 g/mol. The number of aliphatic imine (C=N–C) groups is 1. The van der Waals surface area contributed by atoms with Gasteiger partial charge in [-0.3, -0.25) is 20.0 Å². The lowest BCUT2D eigenvalue weighted by Crippen LogP contribution is -2.12. The van der Waals surface area contributed by atoms with Crippen molar-refractivity contribution in [1.82, 2.24) is 10.2 Å². The number of aromatic nitrogens is 2. The van der Waals surface area contributed by atoms with Crippen molar-refractivity contribution >= 4 is 46.7 Å². The molecule has 0 radical (unpaired) electrons. The highest BCUT2D eigenvalue weighted by Crippen LogP contribution is 2.28. The molecule has 0 aliphatic heterocycles. The van der Waals surface area contributed by atoms with Crippen LogP contribution in [0.3, 0.4) is 0 Å². The number of halogens is 1. The molecule has 11 heteroatoms. The van der Waals surface area contributed by atoms with Crippen LogP contribution in [-0.4, -0.2) is 32.3 Å². The van der Waals surface area contributed by atoms with Crippen LogP contribution < -0.4 is 11.1 Å². The number of H-pyrrole nitrogens is 1. The van der Waals surface area contributed by atoms with Crippen molar-refractivity contribution in [1.29, 1.82) is 0 Å². The maximum absolute atomic E-state index is 11.9. The van der Waals surface area contributed by atoms with E-state index >= 15 is 0 Å². The molecule has 1 heterocycles. The summed E-state index contributed by atoms with van der Waals surface area (Å²) in [4.78, 5) is 26.1. The highest BCUT2D eigenvalue weighted by molar-refractivity contribution is 6.30. The monoisotopic (exact) mass is 400 g/mol. The first-order valence-corrected chi connectivity index (χ1v) is 8.15. The average Bonchev–Trinajstić information content (AvgIpc) is 3.05. The number of amides is 1. The highest BCUT2D eigenvalue weighted by Gasteiger charge is 2.18. The third kappa shape index (κ3) is 4.07. The maximum Gasteiger partial charge on any atom is 0.311 e. The highest BCUT2D eigenvalue weighted by atomic mass is 35.5. The summed E-state index contributed by atoms with van der Waals surface area (Å²) in [6, 6.07) is 10.5. The summed E-state index contributed by atoms with van der Waals surface area (Å²) in [5.41, 5.74) is 5.95. The topological polar surface area (TPSA) is 160 Å². The summed E-state index contributed by atoms with van der Waals surface area (Å²) < 4.78 is 0. The van der Waals surface area contributed by atoms with Gasteiger partial charge in [0.05, 0.1) is 4.92 Å². The lowest BCUT2D eigenvalue weighted by atomic mass is 10.2. The van der Waals surface area contributed by atoms with Crippen LogP contribution in [0.5, 0.6) is 5.75 Å². The summed E-state index contributed by atoms with van der Waals surface area (Å²) in [6.07, 6.45) is 1.28. The third-order valence-electron chi connectivity index (χ3n) is 3.64. The molecule has 0 unspecified atom stereocenters. The van der Waals surface area contributed by atoms with E-state index in [1.54, 1.807) is 24.3 Å². The fraction of sp³-hybridized carbons (Fsp3) is 0. The molecule has 0 aliphatic rings. The molecule has 5 N–H and O–H groups in total. The van der Waals surface area contributed by atoms with Crippen molar-refractivity contribution in [3.05, 3.63) is 68.7 Å². The van der Waals surface area contributed by atoms with E-state index in [9.17, 15) is 20.0 Å². The molecule has 10 nitrogen and oxygen atoms in total. The van der Waals surface area contributed by atoms with Crippen molar-refractivity contribution in [3.63, 3.8) is 0 Å². The Bertz CT molecular complexity index is 1080. The van der Waals surface area contributed by atoms with E-state index in [1.807, 2.05) is 0 Å². The number of carbonyl (C=O) groups excluding carboxylic acids is 1. The van der Waals surface area contributed by atoms with Crippen molar-refractivity contribution < 1.29 is 14.8 Å². The van der Waals surface area contributed by atoms with E-state index in [4.69, 9.17) is 17.3 Å². The molecule has 28 heavy (non-hydrogen) atoms. The quantitative estimate of drug-likeness (QED) is 0.282. The number of anilines is 2. The van der Waals surface area contributed by atoms with Gasteiger partial charge in [0.2, 0.25) is 0 Å². The second-order valence-electron chi connectivity index (χ2n) is 5.56. The van der Waals surface area contributed by atoms with Gasteiger partial charge in [0, 0.05) is 23.0 Å². The smallest absolute Gasteiger partial charge is 0.311 e. The lowest BCUT2D eigenvalue weighted by molar-refractivity contribution is -0.385. The van der Waals surface area contributed by atoms with E-state index in [0.29, 0.717) is 16.3 Å². The van der Waals surface area contributed by atoms with Gasteiger partial charge < -0.3 is 16.2 Å². The molecule has 2 aromatic carbocycles. The summed E-state index contributed by atoms with van der Waals surface area (Å²) in [5, 5.41) is 30.5. The molecule has 3 aromatic rings. The molecular formula is C17H13ClN6O4. The minimum absolute atomic E-state index is 0.0134. The predicted molar refractivity (Wildman–Crippen MR) is 104 cm³/mol. The number of phenolic OH excluding ortho intramolecular Hbond substituents is 1. The second kappa shape index (κ2) is 7.76. The number of aromatic amines is 1. The van der Waals surface area contributed by atoms with E-state index in [0.717, 1.165) is 6.07 Å². The number of nitrogens with two attached hydrogens (primary N) is 1. The Kier molecular flexibility index (Phi) is 5.23. The zero-order valence-corrected chi connectivity index (χ0v) is 14.8. The van der Waals surface area contributed by atoms with Crippen molar-refractivity contribution in [2.24, 2.45) is 10.7 Å². The van der Waals surface area contributed by atoms with Crippen molar-refractivity contribution in [3.8, 4) is 5.75 Å². The molecule has 1 amide bonds. The molecule has 0 fully saturated rings. The van der Waals surface area contributed by atoms with Gasteiger partial charge in [-0.1, -0.05) is 11.6 Å². The Balaban J connectivity index is 1.90. The van der Waals surface area contributed by atoms with Crippen LogP contribution in [0.15, 0.2) is 47.5 Å². The van der Waals surface area contributed by atoms with Gasteiger partial charge in [-0.25, -0.2) is 4.99 Å². The predicted octanol–water partition coefficient (Wildman–Crippen LogP) is 3.27. The molecule has 1 aromatic heterocycles. The third-order valence-corrected chi connectivity index (χ3v) is 3.89. The van der Waals surface area contributed by atoms with E-state index in [2.05, 4.69) is 20.5 Å². The summed E-state index contributed by atoms with van der Waals surface area (Å²) in [6.45, 7) is 0. The van der Waals surface area contributed by atoms with Gasteiger partial charge in [0.15, 0.2) is 17.4 Å². The fourth-order valence-electron chi connectivity index (χ4n) is 2.33. The standard InChI is InChI=1S/C17H13ClN6O4/c18-10-2-4-11(5-3-10)21-17-14(15(19)26)16(22-23-17)20-8-9-1-6-13(25)12(7-9)24(27)28/h1-8,25H,(H2,19,26)(H2,21,22,23)/b20-8+. The Labute approximate surface area is 162 Å². The molecular weight excluding hydrogens is 388 g/mol. The molecule has 3 rings (SSSR count). The Morgan fingerprint density at radius 1 is 1.32 bits per heavy atom. The van der Waals surface area contributed by atoms with Crippen molar-refractivity contribution in [2.75, 3.05) is 5.32 Å². The van der Waals surface area contributed by atoms with Crippen LogP contribution in [0.4, 0.5) is 23.0 Å². The summed E-state index contributed by atoms with van der Waals surface area (Å²) >= 11 is 5.84. The van der Waals surface area contributed by atoms with E-state index in [1.165, 1.54) is 18.3 Å². The van der Waals surface area contributed by atoms with Crippen LogP contribution in [0, 0.1) is 10.1 Å². The first kappa shape index (κ1) is 18.9. The summed E-state index contributed by atoms with van der Waals surface area (Å²) in [7, 11) is 0. The summed E-state index contributed by atoms with van der Waals surface area (Å²) in [5.74, 6) is -0.997. The molecule has 142 valence electrons. The number of nitro benzene ring substituents is 1. The van der Waals surface area contributed by atoms with E-state index in [-0.39, 0.29) is 17.2 Å². The van der Waals surface area contributed by atoms with Gasteiger partial charge >= 0.3 is 5.69 Å². The fourth-order valence-corrected chi connectivity index (χ4v) is 2.45. The molecule has 0 saturated carbocycles. The zero-order chi connectivity index (χ0) is 20.3. The van der Waals surface area contributed by atoms with E-state index < -0.39 is 22.3 Å². The minimum Gasteiger partial charge on any atom is -0.502 e. The maximum atomic E-state index is 11.9. The van der Waals surface area contributed by atoms with Gasteiger partial charge in [-0.2, -0.15) is 5.10 Å². The number of rotatable bonds is 6. The molecule has 0 bridgehead atoms. The number of nitrogens with zero attached hydrogens (tertiary/aromatic N) is 3. The van der Waals surface area contributed by atoms with Gasteiger partial charge in [0.25, 0.3) is 5.91 Å². The number of hydrogen-bond donors (Lipinski definition) is 4. The normalized spacial score (nSPS) is 10.9. The van der Waals surface area contributed by atoms with Gasteiger partial charge in [-0.05, 0) is 42.0 Å². The number of nitrogens with one attached hydrogen (secondary N) is 2. The molecule has 0 saturated heterocycles. The first-order chi connectivity index (χ1) is 13.3. The Morgan fingerprint density at radius 3 is 2.68 bits per heavy atom. The SMILES string of the molecule is NC(=O)c1c(Nc2ccc(Cl)cc2)n[nH]c1/N=C/c1ccc(O)c([N+](=O)[O-])c1. The minimum atomic E-state index is -0.769.